The Morgan fingerprint density at radius 2 is 2.12 bits per heavy atom. The average Bonchev–Trinajstić information content (AvgIpc) is 3.13. The minimum atomic E-state index is -0.349. The molecule has 0 bridgehead atoms. The summed E-state index contributed by atoms with van der Waals surface area (Å²) in [7, 11) is 0. The Bertz CT molecular complexity index is 746. The molecule has 0 radical (unpaired) electrons. The Morgan fingerprint density at radius 1 is 1.31 bits per heavy atom. The van der Waals surface area contributed by atoms with Crippen molar-refractivity contribution in [1.82, 2.24) is 21.3 Å². The second kappa shape index (κ2) is 8.55. The number of benzene rings is 1. The molecule has 1 fully saturated rings. The van der Waals surface area contributed by atoms with E-state index < -0.39 is 0 Å². The molecule has 7 nitrogen and oxygen atoms in total. The molecule has 3 N–H and O–H groups in total. The topological polar surface area (TPSA) is 87.6 Å². The SMILES string of the molecule is CC(C)Oc1ccc(C2CC(C(=O)N/N=C/c3cccnc3)NN2)cc1. The van der Waals surface area contributed by atoms with Gasteiger partial charge in [-0.1, -0.05) is 18.2 Å². The van der Waals surface area contributed by atoms with Crippen molar-refractivity contribution in [1.29, 1.82) is 0 Å². The molecule has 7 heteroatoms. The molecule has 0 aliphatic carbocycles. The van der Waals surface area contributed by atoms with E-state index in [9.17, 15) is 4.79 Å². The highest BCUT2D eigenvalue weighted by Crippen LogP contribution is 2.24. The van der Waals surface area contributed by atoms with E-state index in [0.717, 1.165) is 16.9 Å². The first-order chi connectivity index (χ1) is 12.6. The molecule has 3 rings (SSSR count). The average molecular weight is 353 g/mol. The molecule has 1 aliphatic heterocycles. The maximum atomic E-state index is 12.2. The third kappa shape index (κ3) is 4.87. The summed E-state index contributed by atoms with van der Waals surface area (Å²) in [5, 5.41) is 3.97. The normalized spacial score (nSPS) is 19.8. The van der Waals surface area contributed by atoms with Crippen LogP contribution in [0.4, 0.5) is 0 Å². The number of rotatable bonds is 6. The minimum Gasteiger partial charge on any atom is -0.491 e. The van der Waals surface area contributed by atoms with Gasteiger partial charge < -0.3 is 4.74 Å². The first-order valence-corrected chi connectivity index (χ1v) is 8.62. The van der Waals surface area contributed by atoms with Crippen LogP contribution < -0.4 is 21.0 Å². The molecule has 1 saturated heterocycles. The number of carbonyl (C=O) groups is 1. The number of amides is 1. The second-order valence-electron chi connectivity index (χ2n) is 6.39. The molecule has 1 aromatic heterocycles. The Hall–Kier alpha value is -2.77. The van der Waals surface area contributed by atoms with Crippen LogP contribution in [0.5, 0.6) is 5.75 Å². The van der Waals surface area contributed by atoms with Crippen molar-refractivity contribution in [3.63, 3.8) is 0 Å². The first-order valence-electron chi connectivity index (χ1n) is 8.62. The Labute approximate surface area is 152 Å². The van der Waals surface area contributed by atoms with E-state index in [1.165, 1.54) is 0 Å². The molecule has 2 atom stereocenters. The van der Waals surface area contributed by atoms with Crippen LogP contribution in [0.2, 0.25) is 0 Å². The zero-order valence-corrected chi connectivity index (χ0v) is 14.8. The first kappa shape index (κ1) is 18.0. The molecule has 2 heterocycles. The van der Waals surface area contributed by atoms with E-state index >= 15 is 0 Å². The van der Waals surface area contributed by atoms with E-state index in [0.29, 0.717) is 6.42 Å². The molecule has 1 aliphatic rings. The Balaban J connectivity index is 1.51. The van der Waals surface area contributed by atoms with Crippen LogP contribution >= 0.6 is 0 Å². The van der Waals surface area contributed by atoms with Crippen molar-refractivity contribution in [2.75, 3.05) is 0 Å². The summed E-state index contributed by atoms with van der Waals surface area (Å²) in [5.41, 5.74) is 10.7. The van der Waals surface area contributed by atoms with Gasteiger partial charge >= 0.3 is 0 Å². The van der Waals surface area contributed by atoms with Crippen LogP contribution in [0.3, 0.4) is 0 Å². The monoisotopic (exact) mass is 353 g/mol. The van der Waals surface area contributed by atoms with Gasteiger partial charge in [0.1, 0.15) is 11.8 Å². The predicted octanol–water partition coefficient (Wildman–Crippen LogP) is 1.93. The smallest absolute Gasteiger partial charge is 0.258 e. The van der Waals surface area contributed by atoms with Crippen molar-refractivity contribution >= 4 is 12.1 Å². The van der Waals surface area contributed by atoms with Crippen LogP contribution in [0.25, 0.3) is 0 Å². The lowest BCUT2D eigenvalue weighted by Gasteiger charge is -2.13. The largest absolute Gasteiger partial charge is 0.491 e. The Morgan fingerprint density at radius 3 is 2.81 bits per heavy atom. The van der Waals surface area contributed by atoms with Gasteiger partial charge in [0.25, 0.3) is 5.91 Å². The van der Waals surface area contributed by atoms with Gasteiger partial charge in [0.15, 0.2) is 0 Å². The number of aromatic nitrogens is 1. The summed E-state index contributed by atoms with van der Waals surface area (Å²) in [6.45, 7) is 3.99. The van der Waals surface area contributed by atoms with Gasteiger partial charge in [-0.05, 0) is 44.0 Å². The number of carbonyl (C=O) groups excluding carboxylic acids is 1. The summed E-state index contributed by atoms with van der Waals surface area (Å²) in [6.07, 6.45) is 5.71. The molecule has 26 heavy (non-hydrogen) atoms. The summed E-state index contributed by atoms with van der Waals surface area (Å²) in [4.78, 5) is 16.2. The molecule has 1 aromatic carbocycles. The summed E-state index contributed by atoms with van der Waals surface area (Å²) in [6, 6.07) is 11.3. The van der Waals surface area contributed by atoms with E-state index in [1.54, 1.807) is 18.6 Å². The third-order valence-corrected chi connectivity index (χ3v) is 3.95. The van der Waals surface area contributed by atoms with Gasteiger partial charge in [0.05, 0.1) is 12.3 Å². The molecule has 136 valence electrons. The van der Waals surface area contributed by atoms with E-state index in [4.69, 9.17) is 4.74 Å². The van der Waals surface area contributed by atoms with Crippen molar-refractivity contribution in [2.45, 2.75) is 38.5 Å². The van der Waals surface area contributed by atoms with E-state index in [2.05, 4.69) is 26.4 Å². The maximum absolute atomic E-state index is 12.2. The summed E-state index contributed by atoms with van der Waals surface area (Å²) in [5.74, 6) is 0.661. The lowest BCUT2D eigenvalue weighted by atomic mass is 10.0. The van der Waals surface area contributed by atoms with E-state index in [1.807, 2.05) is 50.2 Å². The highest BCUT2D eigenvalue weighted by molar-refractivity contribution is 5.84. The van der Waals surface area contributed by atoms with Gasteiger partial charge in [-0.25, -0.2) is 16.3 Å². The van der Waals surface area contributed by atoms with Crippen LogP contribution in [-0.2, 0) is 4.79 Å². The van der Waals surface area contributed by atoms with Crippen molar-refractivity contribution in [3.8, 4) is 5.75 Å². The summed E-state index contributed by atoms with van der Waals surface area (Å²) >= 11 is 0. The fourth-order valence-corrected chi connectivity index (χ4v) is 2.70. The van der Waals surface area contributed by atoms with Crippen LogP contribution in [0.15, 0.2) is 53.9 Å². The van der Waals surface area contributed by atoms with Gasteiger partial charge in [0, 0.05) is 24.0 Å². The highest BCUT2D eigenvalue weighted by atomic mass is 16.5. The Kier molecular flexibility index (Phi) is 5.93. The number of ether oxygens (including phenoxy) is 1. The molecular formula is C19H23N5O2. The quantitative estimate of drug-likeness (QED) is 0.546. The molecular weight excluding hydrogens is 330 g/mol. The van der Waals surface area contributed by atoms with Crippen LogP contribution in [0.1, 0.15) is 37.4 Å². The lowest BCUT2D eigenvalue weighted by molar-refractivity contribution is -0.122. The number of nitrogens with one attached hydrogen (secondary N) is 3. The van der Waals surface area contributed by atoms with Gasteiger partial charge in [-0.2, -0.15) is 5.10 Å². The zero-order valence-electron chi connectivity index (χ0n) is 14.8. The molecule has 2 unspecified atom stereocenters. The fourth-order valence-electron chi connectivity index (χ4n) is 2.70. The number of hydrazine groups is 1. The second-order valence-corrected chi connectivity index (χ2v) is 6.39. The number of hydrogen-bond donors (Lipinski definition) is 3. The van der Waals surface area contributed by atoms with E-state index in [-0.39, 0.29) is 24.1 Å². The van der Waals surface area contributed by atoms with Gasteiger partial charge in [-0.3, -0.25) is 9.78 Å². The maximum Gasteiger partial charge on any atom is 0.258 e. The number of hydrazone groups is 1. The predicted molar refractivity (Wildman–Crippen MR) is 99.6 cm³/mol. The molecule has 0 spiro atoms. The summed E-state index contributed by atoms with van der Waals surface area (Å²) < 4.78 is 5.65. The lowest BCUT2D eigenvalue weighted by Crippen LogP contribution is -2.41. The van der Waals surface area contributed by atoms with Crippen LogP contribution in [-0.4, -0.2) is 29.3 Å². The van der Waals surface area contributed by atoms with Gasteiger partial charge in [0.2, 0.25) is 0 Å². The minimum absolute atomic E-state index is 0.0566. The van der Waals surface area contributed by atoms with Crippen molar-refractivity contribution in [2.24, 2.45) is 5.10 Å². The fraction of sp³-hybridized carbons (Fsp3) is 0.316. The highest BCUT2D eigenvalue weighted by Gasteiger charge is 2.30. The van der Waals surface area contributed by atoms with Crippen LogP contribution in [0, 0.1) is 0 Å². The standard InChI is InChI=1S/C19H23N5O2/c1-13(2)26-16-7-5-15(6-8-16)17-10-18(23-22-17)19(25)24-21-12-14-4-3-9-20-11-14/h3-9,11-13,17-18,22-23H,10H2,1-2H3,(H,24,25)/b21-12+. The molecule has 2 aromatic rings. The third-order valence-electron chi connectivity index (χ3n) is 3.95. The molecule has 0 saturated carbocycles. The van der Waals surface area contributed by atoms with Gasteiger partial charge in [-0.15, -0.1) is 0 Å². The zero-order chi connectivity index (χ0) is 18.4. The molecule has 1 amide bonds. The van der Waals surface area contributed by atoms with Crippen molar-refractivity contribution in [3.05, 3.63) is 59.9 Å². The number of hydrogen-bond acceptors (Lipinski definition) is 6. The number of nitrogens with zero attached hydrogens (tertiary/aromatic N) is 2. The number of pyridine rings is 1. The van der Waals surface area contributed by atoms with Crippen molar-refractivity contribution < 1.29 is 9.53 Å².